The van der Waals surface area contributed by atoms with Crippen molar-refractivity contribution in [2.45, 2.75) is 33.2 Å². The van der Waals surface area contributed by atoms with Crippen molar-refractivity contribution >= 4 is 17.5 Å². The Morgan fingerprint density at radius 1 is 1.12 bits per heavy atom. The molecule has 1 saturated heterocycles. The van der Waals surface area contributed by atoms with Crippen LogP contribution in [0.4, 0.5) is 5.69 Å². The molecular weight excluding hydrogens is 312 g/mol. The number of anilines is 1. The normalized spacial score (nSPS) is 18.3. The number of benzene rings is 2. The van der Waals surface area contributed by atoms with Crippen LogP contribution in [-0.2, 0) is 9.59 Å². The topological polar surface area (TPSA) is 49.4 Å². The Morgan fingerprint density at radius 3 is 2.52 bits per heavy atom. The summed E-state index contributed by atoms with van der Waals surface area (Å²) in [5, 5.41) is 3.03. The summed E-state index contributed by atoms with van der Waals surface area (Å²) in [6.07, 6.45) is 0.264. The van der Waals surface area contributed by atoms with Gasteiger partial charge in [-0.2, -0.15) is 0 Å². The van der Waals surface area contributed by atoms with Crippen molar-refractivity contribution in [3.05, 3.63) is 65.2 Å². The first-order chi connectivity index (χ1) is 12.0. The Bertz CT molecular complexity index is 786. The highest BCUT2D eigenvalue weighted by atomic mass is 16.2. The van der Waals surface area contributed by atoms with E-state index >= 15 is 0 Å². The summed E-state index contributed by atoms with van der Waals surface area (Å²) in [7, 11) is 0. The quantitative estimate of drug-likeness (QED) is 0.928. The molecule has 2 aromatic rings. The lowest BCUT2D eigenvalue weighted by Gasteiger charge is -2.19. The van der Waals surface area contributed by atoms with Gasteiger partial charge in [0.25, 0.3) is 0 Å². The monoisotopic (exact) mass is 336 g/mol. The number of carbonyl (C=O) groups is 2. The second kappa shape index (κ2) is 7.09. The van der Waals surface area contributed by atoms with Gasteiger partial charge in [-0.15, -0.1) is 0 Å². The van der Waals surface area contributed by atoms with Gasteiger partial charge in [0.05, 0.1) is 12.0 Å². The maximum absolute atomic E-state index is 12.6. The Hall–Kier alpha value is -2.62. The Labute approximate surface area is 148 Å². The van der Waals surface area contributed by atoms with Crippen molar-refractivity contribution in [2.75, 3.05) is 11.4 Å². The Kier molecular flexibility index (Phi) is 4.88. The molecule has 0 spiro atoms. The fraction of sp³-hybridized carbons (Fsp3) is 0.333. The molecule has 0 radical (unpaired) electrons. The first-order valence-corrected chi connectivity index (χ1v) is 8.68. The predicted molar refractivity (Wildman–Crippen MR) is 99.4 cm³/mol. The minimum absolute atomic E-state index is 0.00997. The molecule has 130 valence electrons. The van der Waals surface area contributed by atoms with Crippen LogP contribution in [0.5, 0.6) is 0 Å². The van der Waals surface area contributed by atoms with Gasteiger partial charge in [-0.3, -0.25) is 9.59 Å². The summed E-state index contributed by atoms with van der Waals surface area (Å²) in [5.41, 5.74) is 4.28. The highest BCUT2D eigenvalue weighted by molar-refractivity contribution is 6.00. The lowest BCUT2D eigenvalue weighted by Crippen LogP contribution is -2.34. The number of rotatable bonds is 4. The van der Waals surface area contributed by atoms with E-state index in [0.29, 0.717) is 6.54 Å². The summed E-state index contributed by atoms with van der Waals surface area (Å²) in [6, 6.07) is 15.8. The largest absolute Gasteiger partial charge is 0.349 e. The number of carbonyl (C=O) groups excluding carboxylic acids is 2. The van der Waals surface area contributed by atoms with Gasteiger partial charge in [0.1, 0.15) is 0 Å². The molecule has 3 rings (SSSR count). The summed E-state index contributed by atoms with van der Waals surface area (Å²) in [6.45, 7) is 6.48. The third-order valence-electron chi connectivity index (χ3n) is 4.96. The molecule has 1 fully saturated rings. The zero-order chi connectivity index (χ0) is 18.0. The van der Waals surface area contributed by atoms with Crippen molar-refractivity contribution < 1.29 is 9.59 Å². The predicted octanol–water partition coefficient (Wildman–Crippen LogP) is 3.53. The first-order valence-electron chi connectivity index (χ1n) is 8.68. The molecule has 0 saturated carbocycles. The number of hydrogen-bond donors (Lipinski definition) is 1. The van der Waals surface area contributed by atoms with Gasteiger partial charge in [0, 0.05) is 18.7 Å². The standard InChI is InChI=1S/C21H24N2O2/c1-14-9-10-19(11-15(14)2)23-13-18(12-20(23)24)21(25)22-16(3)17-7-5-4-6-8-17/h4-11,16,18H,12-13H2,1-3H3,(H,22,25)/t16-,18-/m0/s1. The van der Waals surface area contributed by atoms with Gasteiger partial charge < -0.3 is 10.2 Å². The molecule has 1 aliphatic rings. The van der Waals surface area contributed by atoms with E-state index in [2.05, 4.69) is 5.32 Å². The van der Waals surface area contributed by atoms with Crippen LogP contribution < -0.4 is 10.2 Å². The van der Waals surface area contributed by atoms with Crippen LogP contribution in [0.15, 0.2) is 48.5 Å². The SMILES string of the molecule is Cc1ccc(N2C[C@@H](C(=O)N[C@@H](C)c3ccccc3)CC2=O)cc1C. The van der Waals surface area contributed by atoms with Crippen molar-refractivity contribution in [1.29, 1.82) is 0 Å². The van der Waals surface area contributed by atoms with Crippen molar-refractivity contribution in [1.82, 2.24) is 5.32 Å². The molecule has 25 heavy (non-hydrogen) atoms. The number of nitrogens with one attached hydrogen (secondary N) is 1. The minimum Gasteiger partial charge on any atom is -0.349 e. The average molecular weight is 336 g/mol. The van der Waals surface area contributed by atoms with E-state index in [-0.39, 0.29) is 30.2 Å². The van der Waals surface area contributed by atoms with Crippen molar-refractivity contribution in [3.8, 4) is 0 Å². The van der Waals surface area contributed by atoms with E-state index in [9.17, 15) is 9.59 Å². The zero-order valence-electron chi connectivity index (χ0n) is 15.0. The van der Waals surface area contributed by atoms with E-state index in [0.717, 1.165) is 16.8 Å². The molecule has 4 heteroatoms. The second-order valence-corrected chi connectivity index (χ2v) is 6.81. The molecule has 2 aromatic carbocycles. The van der Waals surface area contributed by atoms with Gasteiger partial charge in [-0.05, 0) is 49.6 Å². The molecule has 1 heterocycles. The van der Waals surface area contributed by atoms with Gasteiger partial charge in [0.15, 0.2) is 0 Å². The Balaban J connectivity index is 1.67. The van der Waals surface area contributed by atoms with Gasteiger partial charge in [0.2, 0.25) is 11.8 Å². The van der Waals surface area contributed by atoms with Crippen molar-refractivity contribution in [2.24, 2.45) is 5.92 Å². The maximum atomic E-state index is 12.6. The molecule has 0 aliphatic carbocycles. The van der Waals surface area contributed by atoms with E-state index in [1.165, 1.54) is 5.56 Å². The van der Waals surface area contributed by atoms with Crippen LogP contribution in [0.2, 0.25) is 0 Å². The van der Waals surface area contributed by atoms with Crippen LogP contribution in [0.3, 0.4) is 0 Å². The molecule has 0 unspecified atom stereocenters. The smallest absolute Gasteiger partial charge is 0.227 e. The van der Waals surface area contributed by atoms with Gasteiger partial charge in [-0.1, -0.05) is 36.4 Å². The summed E-state index contributed by atoms with van der Waals surface area (Å²) in [5.74, 6) is -0.355. The summed E-state index contributed by atoms with van der Waals surface area (Å²) in [4.78, 5) is 26.7. The average Bonchev–Trinajstić information content (AvgIpc) is 3.00. The summed E-state index contributed by atoms with van der Waals surface area (Å²) < 4.78 is 0. The van der Waals surface area contributed by atoms with Crippen LogP contribution in [0.1, 0.15) is 36.1 Å². The molecule has 1 N–H and O–H groups in total. The van der Waals surface area contributed by atoms with E-state index < -0.39 is 0 Å². The molecule has 0 bridgehead atoms. The maximum Gasteiger partial charge on any atom is 0.227 e. The number of nitrogens with zero attached hydrogens (tertiary/aromatic N) is 1. The van der Waals surface area contributed by atoms with Crippen LogP contribution in [-0.4, -0.2) is 18.4 Å². The van der Waals surface area contributed by atoms with E-state index in [1.54, 1.807) is 4.90 Å². The lowest BCUT2D eigenvalue weighted by molar-refractivity contribution is -0.126. The fourth-order valence-electron chi connectivity index (χ4n) is 3.18. The van der Waals surface area contributed by atoms with Gasteiger partial charge in [-0.25, -0.2) is 0 Å². The highest BCUT2D eigenvalue weighted by Crippen LogP contribution is 2.27. The van der Waals surface area contributed by atoms with Crippen molar-refractivity contribution in [3.63, 3.8) is 0 Å². The highest BCUT2D eigenvalue weighted by Gasteiger charge is 2.35. The zero-order valence-corrected chi connectivity index (χ0v) is 15.0. The van der Waals surface area contributed by atoms with Crippen LogP contribution in [0, 0.1) is 19.8 Å². The third kappa shape index (κ3) is 3.73. The number of amides is 2. The van der Waals surface area contributed by atoms with Crippen LogP contribution >= 0.6 is 0 Å². The number of hydrogen-bond acceptors (Lipinski definition) is 2. The van der Waals surface area contributed by atoms with Gasteiger partial charge >= 0.3 is 0 Å². The lowest BCUT2D eigenvalue weighted by atomic mass is 10.1. The third-order valence-corrected chi connectivity index (χ3v) is 4.96. The molecule has 2 atom stereocenters. The minimum atomic E-state index is -0.305. The van der Waals surface area contributed by atoms with E-state index in [1.807, 2.05) is 69.3 Å². The molecule has 1 aliphatic heterocycles. The molecular formula is C21H24N2O2. The van der Waals surface area contributed by atoms with E-state index in [4.69, 9.17) is 0 Å². The summed E-state index contributed by atoms with van der Waals surface area (Å²) >= 11 is 0. The fourth-order valence-corrected chi connectivity index (χ4v) is 3.18. The molecule has 4 nitrogen and oxygen atoms in total. The Morgan fingerprint density at radius 2 is 1.84 bits per heavy atom. The molecule has 2 amide bonds. The number of aryl methyl sites for hydroxylation is 2. The molecule has 0 aromatic heterocycles. The van der Waals surface area contributed by atoms with Crippen LogP contribution in [0.25, 0.3) is 0 Å². The first kappa shape index (κ1) is 17.2. The second-order valence-electron chi connectivity index (χ2n) is 6.81.